The molecular formula is C14H12BrNO3. The third kappa shape index (κ3) is 3.32. The molecule has 98 valence electrons. The lowest BCUT2D eigenvalue weighted by molar-refractivity contribution is 0.0593. The summed E-state index contributed by atoms with van der Waals surface area (Å²) in [5.41, 5.74) is 1.29. The van der Waals surface area contributed by atoms with Crippen molar-refractivity contribution >= 4 is 21.9 Å². The number of aryl methyl sites for hydroxylation is 1. The Hall–Kier alpha value is -1.88. The van der Waals surface area contributed by atoms with Crippen LogP contribution in [0.25, 0.3) is 0 Å². The number of nitrogens with zero attached hydrogens (tertiary/aromatic N) is 1. The Kier molecular flexibility index (Phi) is 4.16. The van der Waals surface area contributed by atoms with Crippen molar-refractivity contribution in [2.45, 2.75) is 6.92 Å². The van der Waals surface area contributed by atoms with Gasteiger partial charge in [0.05, 0.1) is 7.11 Å². The quantitative estimate of drug-likeness (QED) is 0.808. The highest BCUT2D eigenvalue weighted by Gasteiger charge is 2.08. The Morgan fingerprint density at radius 2 is 1.95 bits per heavy atom. The number of esters is 1. The summed E-state index contributed by atoms with van der Waals surface area (Å²) < 4.78 is 11.3. The molecule has 0 aliphatic rings. The second-order valence-electron chi connectivity index (χ2n) is 3.88. The van der Waals surface area contributed by atoms with Crippen molar-refractivity contribution in [3.63, 3.8) is 0 Å². The first kappa shape index (κ1) is 13.5. The van der Waals surface area contributed by atoms with Gasteiger partial charge in [0.15, 0.2) is 5.69 Å². The molecule has 2 rings (SSSR count). The number of pyridine rings is 1. The summed E-state index contributed by atoms with van der Waals surface area (Å²) in [6.45, 7) is 1.98. The number of ether oxygens (including phenoxy) is 2. The van der Waals surface area contributed by atoms with E-state index in [9.17, 15) is 4.79 Å². The highest BCUT2D eigenvalue weighted by atomic mass is 79.9. The Morgan fingerprint density at radius 1 is 1.21 bits per heavy atom. The van der Waals surface area contributed by atoms with Crippen LogP contribution < -0.4 is 4.74 Å². The van der Waals surface area contributed by atoms with Crippen LogP contribution in [0, 0.1) is 6.92 Å². The summed E-state index contributed by atoms with van der Waals surface area (Å²) >= 11 is 3.43. The van der Waals surface area contributed by atoms with Crippen LogP contribution in [-0.2, 0) is 4.74 Å². The van der Waals surface area contributed by atoms with Crippen molar-refractivity contribution in [2.75, 3.05) is 7.11 Å². The Balaban J connectivity index is 2.23. The van der Waals surface area contributed by atoms with E-state index in [2.05, 4.69) is 25.7 Å². The number of halogens is 1. The second kappa shape index (κ2) is 5.84. The van der Waals surface area contributed by atoms with Gasteiger partial charge in [-0.05, 0) is 36.8 Å². The molecule has 1 aromatic heterocycles. The molecule has 0 spiro atoms. The molecule has 0 bridgehead atoms. The summed E-state index contributed by atoms with van der Waals surface area (Å²) in [6, 6.07) is 8.89. The van der Waals surface area contributed by atoms with E-state index in [-0.39, 0.29) is 5.69 Å². The predicted molar refractivity (Wildman–Crippen MR) is 74.5 cm³/mol. The number of carbonyl (C=O) groups is 1. The first-order chi connectivity index (χ1) is 9.10. The monoisotopic (exact) mass is 321 g/mol. The third-order valence-corrected chi connectivity index (χ3v) is 3.38. The van der Waals surface area contributed by atoms with E-state index in [0.717, 1.165) is 10.0 Å². The van der Waals surface area contributed by atoms with E-state index in [0.29, 0.717) is 11.5 Å². The maximum absolute atomic E-state index is 11.4. The van der Waals surface area contributed by atoms with E-state index in [1.807, 2.05) is 25.1 Å². The molecule has 0 aliphatic heterocycles. The van der Waals surface area contributed by atoms with Gasteiger partial charge in [0.2, 0.25) is 0 Å². The minimum atomic E-state index is -0.488. The maximum Gasteiger partial charge on any atom is 0.356 e. The van der Waals surface area contributed by atoms with Gasteiger partial charge in [0.25, 0.3) is 0 Å². The zero-order valence-electron chi connectivity index (χ0n) is 10.5. The number of hydrogen-bond acceptors (Lipinski definition) is 4. The van der Waals surface area contributed by atoms with E-state index in [1.165, 1.54) is 13.3 Å². The Labute approximate surface area is 119 Å². The minimum absolute atomic E-state index is 0.217. The van der Waals surface area contributed by atoms with Crippen LogP contribution in [0.1, 0.15) is 16.1 Å². The zero-order valence-corrected chi connectivity index (χ0v) is 12.1. The summed E-state index contributed by atoms with van der Waals surface area (Å²) in [4.78, 5) is 15.3. The fraction of sp³-hybridized carbons (Fsp3) is 0.143. The van der Waals surface area contributed by atoms with Crippen LogP contribution in [-0.4, -0.2) is 18.1 Å². The molecular weight excluding hydrogens is 310 g/mol. The van der Waals surface area contributed by atoms with E-state index >= 15 is 0 Å². The molecule has 0 saturated heterocycles. The first-order valence-electron chi connectivity index (χ1n) is 5.58. The summed E-state index contributed by atoms with van der Waals surface area (Å²) in [7, 11) is 1.32. The number of rotatable bonds is 3. The van der Waals surface area contributed by atoms with Crippen LogP contribution in [0.15, 0.2) is 41.0 Å². The SMILES string of the molecule is COC(=O)c1cc(Oc2ccc(Br)c(C)c2)ccn1. The van der Waals surface area contributed by atoms with Gasteiger partial charge in [-0.1, -0.05) is 15.9 Å². The van der Waals surface area contributed by atoms with Crippen LogP contribution in [0.4, 0.5) is 0 Å². The zero-order chi connectivity index (χ0) is 13.8. The van der Waals surface area contributed by atoms with Crippen LogP contribution >= 0.6 is 15.9 Å². The Bertz CT molecular complexity index is 613. The van der Waals surface area contributed by atoms with Crippen LogP contribution in [0.2, 0.25) is 0 Å². The van der Waals surface area contributed by atoms with Crippen LogP contribution in [0.3, 0.4) is 0 Å². The van der Waals surface area contributed by atoms with Crippen molar-refractivity contribution in [1.29, 1.82) is 0 Å². The van der Waals surface area contributed by atoms with Gasteiger partial charge < -0.3 is 9.47 Å². The Morgan fingerprint density at radius 3 is 2.63 bits per heavy atom. The fourth-order valence-electron chi connectivity index (χ4n) is 1.51. The highest BCUT2D eigenvalue weighted by molar-refractivity contribution is 9.10. The van der Waals surface area contributed by atoms with Gasteiger partial charge in [-0.25, -0.2) is 9.78 Å². The molecule has 0 radical (unpaired) electrons. The average molecular weight is 322 g/mol. The van der Waals surface area contributed by atoms with Gasteiger partial charge in [-0.15, -0.1) is 0 Å². The van der Waals surface area contributed by atoms with E-state index in [1.54, 1.807) is 12.1 Å². The number of aromatic nitrogens is 1. The van der Waals surface area contributed by atoms with E-state index in [4.69, 9.17) is 4.74 Å². The molecule has 1 aromatic carbocycles. The maximum atomic E-state index is 11.4. The number of methoxy groups -OCH3 is 1. The van der Waals surface area contributed by atoms with Crippen molar-refractivity contribution in [2.24, 2.45) is 0 Å². The molecule has 5 heteroatoms. The molecule has 1 heterocycles. The lowest BCUT2D eigenvalue weighted by Gasteiger charge is -2.08. The molecule has 0 amide bonds. The van der Waals surface area contributed by atoms with E-state index < -0.39 is 5.97 Å². The lowest BCUT2D eigenvalue weighted by atomic mass is 10.2. The van der Waals surface area contributed by atoms with Gasteiger partial charge in [-0.2, -0.15) is 0 Å². The standard InChI is InChI=1S/C14H12BrNO3/c1-9-7-10(3-4-12(9)15)19-11-5-6-16-13(8-11)14(17)18-2/h3-8H,1-2H3. The largest absolute Gasteiger partial charge is 0.464 e. The summed E-state index contributed by atoms with van der Waals surface area (Å²) in [5, 5.41) is 0. The molecule has 4 nitrogen and oxygen atoms in total. The topological polar surface area (TPSA) is 48.4 Å². The smallest absolute Gasteiger partial charge is 0.356 e. The van der Waals surface area contributed by atoms with Gasteiger partial charge >= 0.3 is 5.97 Å². The highest BCUT2D eigenvalue weighted by Crippen LogP contribution is 2.26. The number of benzene rings is 1. The number of carbonyl (C=O) groups excluding carboxylic acids is 1. The first-order valence-corrected chi connectivity index (χ1v) is 6.38. The third-order valence-electron chi connectivity index (χ3n) is 2.49. The van der Waals surface area contributed by atoms with Gasteiger partial charge in [-0.3, -0.25) is 0 Å². The second-order valence-corrected chi connectivity index (χ2v) is 4.74. The molecule has 0 fully saturated rings. The lowest BCUT2D eigenvalue weighted by Crippen LogP contribution is -2.03. The van der Waals surface area contributed by atoms with Crippen molar-refractivity contribution in [3.05, 3.63) is 52.3 Å². The normalized spacial score (nSPS) is 10.1. The van der Waals surface area contributed by atoms with Crippen molar-refractivity contribution in [1.82, 2.24) is 4.98 Å². The summed E-state index contributed by atoms with van der Waals surface area (Å²) in [6.07, 6.45) is 1.51. The van der Waals surface area contributed by atoms with Crippen molar-refractivity contribution in [3.8, 4) is 11.5 Å². The van der Waals surface area contributed by atoms with Crippen LogP contribution in [0.5, 0.6) is 11.5 Å². The molecule has 19 heavy (non-hydrogen) atoms. The molecule has 2 aromatic rings. The predicted octanol–water partition coefficient (Wildman–Crippen LogP) is 3.73. The molecule has 0 unspecified atom stereocenters. The van der Waals surface area contributed by atoms with Gasteiger partial charge in [0.1, 0.15) is 11.5 Å². The molecule has 0 aliphatic carbocycles. The summed E-state index contributed by atoms with van der Waals surface area (Å²) in [5.74, 6) is 0.747. The number of hydrogen-bond donors (Lipinski definition) is 0. The molecule has 0 N–H and O–H groups in total. The molecule has 0 atom stereocenters. The van der Waals surface area contributed by atoms with Gasteiger partial charge in [0, 0.05) is 16.7 Å². The fourth-order valence-corrected chi connectivity index (χ4v) is 1.75. The molecule has 0 saturated carbocycles. The average Bonchev–Trinajstić information content (AvgIpc) is 2.42. The van der Waals surface area contributed by atoms with Crippen molar-refractivity contribution < 1.29 is 14.3 Å². The minimum Gasteiger partial charge on any atom is -0.464 e.